The van der Waals surface area contributed by atoms with Gasteiger partial charge in [0, 0.05) is 5.41 Å². The zero-order chi connectivity index (χ0) is 21.4. The van der Waals surface area contributed by atoms with E-state index in [4.69, 9.17) is 9.47 Å². The Morgan fingerprint density at radius 1 is 1.00 bits per heavy atom. The Kier molecular flexibility index (Phi) is 7.97. The predicted octanol–water partition coefficient (Wildman–Crippen LogP) is 2.38. The third-order valence-electron chi connectivity index (χ3n) is 3.66. The number of benzene rings is 2. The van der Waals surface area contributed by atoms with E-state index in [0.29, 0.717) is 11.1 Å². The summed E-state index contributed by atoms with van der Waals surface area (Å²) in [6.07, 6.45) is 2.86. The molecule has 0 aliphatic rings. The molecule has 0 aliphatic carbocycles. The van der Waals surface area contributed by atoms with E-state index in [-0.39, 0.29) is 28.9 Å². The van der Waals surface area contributed by atoms with Crippen molar-refractivity contribution in [2.75, 3.05) is 20.1 Å². The molecule has 2 aromatic rings. The van der Waals surface area contributed by atoms with Crippen LogP contribution in [0.4, 0.5) is 0 Å². The number of methoxy groups -OCH3 is 2. The highest BCUT2D eigenvalue weighted by Crippen LogP contribution is 2.27. The van der Waals surface area contributed by atoms with E-state index in [1.165, 1.54) is 56.0 Å². The number of phenolic OH excluding ortho intramolecular Hbond substituents is 2. The molecule has 0 aliphatic heterocycles. The highest BCUT2D eigenvalue weighted by Gasteiger charge is 2.10. The Balaban J connectivity index is 1.95. The Morgan fingerprint density at radius 2 is 1.52 bits per heavy atom. The predicted molar refractivity (Wildman–Crippen MR) is 112 cm³/mol. The van der Waals surface area contributed by atoms with Crippen molar-refractivity contribution < 1.29 is 32.7 Å². The second-order valence-corrected chi connectivity index (χ2v) is 8.66. The lowest BCUT2D eigenvalue weighted by atomic mass is 10.2. The number of phenols is 2. The summed E-state index contributed by atoms with van der Waals surface area (Å²) in [7, 11) is -1.02. The average molecular weight is 440 g/mol. The van der Waals surface area contributed by atoms with Crippen molar-refractivity contribution in [1.29, 1.82) is 0 Å². The zero-order valence-corrected chi connectivity index (χ0v) is 17.4. The molecule has 2 aromatic carbocycles. The van der Waals surface area contributed by atoms with Crippen molar-refractivity contribution in [3.8, 4) is 23.0 Å². The van der Waals surface area contributed by atoms with E-state index >= 15 is 0 Å². The van der Waals surface area contributed by atoms with Gasteiger partial charge in [-0.15, -0.1) is 0 Å². The Morgan fingerprint density at radius 3 is 2.03 bits per heavy atom. The van der Waals surface area contributed by atoms with Crippen LogP contribution in [0.3, 0.4) is 0 Å². The maximum absolute atomic E-state index is 12.0. The van der Waals surface area contributed by atoms with Crippen molar-refractivity contribution in [2.24, 2.45) is 0 Å². The molecule has 0 amide bonds. The first-order valence-electron chi connectivity index (χ1n) is 8.21. The van der Waals surface area contributed by atoms with Crippen molar-refractivity contribution in [2.45, 2.75) is 0 Å². The van der Waals surface area contributed by atoms with Crippen molar-refractivity contribution >= 4 is 33.4 Å². The van der Waals surface area contributed by atoms with E-state index in [0.717, 1.165) is 5.41 Å². The summed E-state index contributed by atoms with van der Waals surface area (Å²) >= 11 is -1.60. The van der Waals surface area contributed by atoms with Crippen molar-refractivity contribution in [3.63, 3.8) is 0 Å². The van der Waals surface area contributed by atoms with Crippen molar-refractivity contribution in [1.82, 2.24) is 4.72 Å². The lowest BCUT2D eigenvalue weighted by molar-refractivity contribution is 0.373. The maximum Gasteiger partial charge on any atom is 0.237 e. The van der Waals surface area contributed by atoms with E-state index in [9.17, 15) is 23.2 Å². The standard InChI is InChI=1S/C19H21NO7S2/c1-26-18-11-14(3-5-16(18)21)7-9-28(23)13-20-29(24,25)10-8-15-4-6-17(22)19(12-15)27-2/h3-12,20-22H,13H2,1-2H3. The summed E-state index contributed by atoms with van der Waals surface area (Å²) in [4.78, 5) is 0. The van der Waals surface area contributed by atoms with Gasteiger partial charge in [-0.05, 0) is 58.7 Å². The minimum absolute atomic E-state index is 0.0171. The van der Waals surface area contributed by atoms with Gasteiger partial charge in [-0.1, -0.05) is 12.1 Å². The lowest BCUT2D eigenvalue weighted by Gasteiger charge is -2.07. The first-order valence-corrected chi connectivity index (χ1v) is 11.1. The quantitative estimate of drug-likeness (QED) is 0.512. The van der Waals surface area contributed by atoms with Gasteiger partial charge in [0.2, 0.25) is 10.0 Å². The first-order chi connectivity index (χ1) is 13.7. The Bertz CT molecular complexity index is 1000. The molecular weight excluding hydrogens is 418 g/mol. The first kappa shape index (κ1) is 22.6. The van der Waals surface area contributed by atoms with Gasteiger partial charge in [0.1, 0.15) is 5.41 Å². The third-order valence-corrected chi connectivity index (χ3v) is 5.75. The van der Waals surface area contributed by atoms with E-state index in [2.05, 4.69) is 4.72 Å². The number of nitrogens with one attached hydrogen (secondary N) is 1. The molecule has 1 unspecified atom stereocenters. The van der Waals surface area contributed by atoms with E-state index in [1.54, 1.807) is 12.1 Å². The molecule has 0 saturated heterocycles. The van der Waals surface area contributed by atoms with Crippen LogP contribution in [-0.4, -0.2) is 43.3 Å². The van der Waals surface area contributed by atoms with Gasteiger partial charge in [0.15, 0.2) is 28.9 Å². The number of aromatic hydroxyl groups is 2. The molecular formula is C19H21NO7S2. The second-order valence-electron chi connectivity index (χ2n) is 5.68. The SMILES string of the molecule is COc1cc(C=C[S+]([O-])CNS(=O)(=O)C=Cc2ccc(O)c(OC)c2)ccc1O. The zero-order valence-electron chi connectivity index (χ0n) is 15.7. The molecule has 29 heavy (non-hydrogen) atoms. The molecule has 0 heterocycles. The molecule has 0 spiro atoms. The second kappa shape index (κ2) is 10.2. The fourth-order valence-electron chi connectivity index (χ4n) is 2.15. The summed E-state index contributed by atoms with van der Waals surface area (Å²) < 4.78 is 48.3. The highest BCUT2D eigenvalue weighted by atomic mass is 32.2. The van der Waals surface area contributed by atoms with Gasteiger partial charge in [-0.25, -0.2) is 8.42 Å². The van der Waals surface area contributed by atoms with Crippen molar-refractivity contribution in [3.05, 3.63) is 58.3 Å². The molecule has 0 bridgehead atoms. The smallest absolute Gasteiger partial charge is 0.237 e. The van der Waals surface area contributed by atoms with Crippen LogP contribution in [0.1, 0.15) is 11.1 Å². The lowest BCUT2D eigenvalue weighted by Crippen LogP contribution is -2.27. The normalized spacial score (nSPS) is 13.1. The Labute approximate surface area is 172 Å². The minimum atomic E-state index is -3.82. The Hall–Kier alpha value is -2.66. The average Bonchev–Trinajstić information content (AvgIpc) is 2.71. The van der Waals surface area contributed by atoms with E-state index < -0.39 is 21.2 Å². The molecule has 0 aromatic heterocycles. The third kappa shape index (κ3) is 7.02. The van der Waals surface area contributed by atoms with Crippen LogP contribution < -0.4 is 14.2 Å². The molecule has 3 N–H and O–H groups in total. The van der Waals surface area contributed by atoms with Crippen LogP contribution in [0.15, 0.2) is 47.2 Å². The molecule has 8 nitrogen and oxygen atoms in total. The molecule has 2 rings (SSSR count). The van der Waals surface area contributed by atoms with Gasteiger partial charge in [-0.2, -0.15) is 4.72 Å². The van der Waals surface area contributed by atoms with Crippen LogP contribution in [0, 0.1) is 0 Å². The monoisotopic (exact) mass is 439 g/mol. The summed E-state index contributed by atoms with van der Waals surface area (Å²) in [5, 5.41) is 21.4. The van der Waals surface area contributed by atoms with E-state index in [1.807, 2.05) is 0 Å². The van der Waals surface area contributed by atoms with Crippen LogP contribution in [0.5, 0.6) is 23.0 Å². The number of hydrogen-bond acceptors (Lipinski definition) is 7. The summed E-state index contributed by atoms with van der Waals surface area (Å²) in [6.45, 7) is 0. The van der Waals surface area contributed by atoms with Gasteiger partial charge < -0.3 is 24.2 Å². The minimum Gasteiger partial charge on any atom is -0.611 e. The van der Waals surface area contributed by atoms with Crippen LogP contribution in [0.25, 0.3) is 12.2 Å². The number of hydrogen-bond donors (Lipinski definition) is 3. The van der Waals surface area contributed by atoms with Gasteiger partial charge >= 0.3 is 0 Å². The number of rotatable bonds is 9. The summed E-state index contributed by atoms with van der Waals surface area (Å²) in [5.74, 6) is 0.108. The number of sulfonamides is 1. The molecule has 156 valence electrons. The van der Waals surface area contributed by atoms with Gasteiger partial charge in [0.25, 0.3) is 0 Å². The molecule has 10 heteroatoms. The fraction of sp³-hybridized carbons (Fsp3) is 0.158. The summed E-state index contributed by atoms with van der Waals surface area (Å²) in [6, 6.07) is 8.99. The summed E-state index contributed by atoms with van der Waals surface area (Å²) in [5.41, 5.74) is 1.14. The maximum atomic E-state index is 12.0. The molecule has 1 atom stereocenters. The largest absolute Gasteiger partial charge is 0.611 e. The topological polar surface area (TPSA) is 128 Å². The van der Waals surface area contributed by atoms with Crippen LogP contribution in [0.2, 0.25) is 0 Å². The van der Waals surface area contributed by atoms with Gasteiger partial charge in [0.05, 0.1) is 14.2 Å². The molecule has 0 radical (unpaired) electrons. The van der Waals surface area contributed by atoms with Crippen LogP contribution in [-0.2, 0) is 21.2 Å². The highest BCUT2D eigenvalue weighted by molar-refractivity contribution is 7.96. The molecule has 0 saturated carbocycles. The van der Waals surface area contributed by atoms with Gasteiger partial charge in [-0.3, -0.25) is 0 Å². The number of ether oxygens (including phenoxy) is 2. The van der Waals surface area contributed by atoms with Crippen LogP contribution >= 0.6 is 0 Å². The fourth-order valence-corrected chi connectivity index (χ4v) is 4.11. The molecule has 0 fully saturated rings.